The number of hydrogen-bond acceptors (Lipinski definition) is 6. The number of carbonyl (C=O) groups excluding carboxylic acids is 2. The maximum atomic E-state index is 11.7. The minimum Gasteiger partial charge on any atom is -0.492 e. The Morgan fingerprint density at radius 1 is 1.18 bits per heavy atom. The van der Waals surface area contributed by atoms with Crippen LogP contribution in [-0.2, 0) is 20.7 Å². The summed E-state index contributed by atoms with van der Waals surface area (Å²) in [6.45, 7) is 4.87. The Morgan fingerprint density at radius 2 is 1.86 bits per heavy atom. The van der Waals surface area contributed by atoms with E-state index in [2.05, 4.69) is 4.90 Å². The van der Waals surface area contributed by atoms with Gasteiger partial charge < -0.3 is 26.0 Å². The molecule has 0 aliphatic carbocycles. The topological polar surface area (TPSA) is 128 Å². The van der Waals surface area contributed by atoms with Crippen molar-refractivity contribution < 1.29 is 24.2 Å². The molecule has 1 fully saturated rings. The van der Waals surface area contributed by atoms with Gasteiger partial charge in [-0.15, -0.1) is 0 Å². The van der Waals surface area contributed by atoms with Gasteiger partial charge in [0.1, 0.15) is 12.4 Å². The van der Waals surface area contributed by atoms with Gasteiger partial charge >= 0.3 is 0 Å². The van der Waals surface area contributed by atoms with E-state index >= 15 is 0 Å². The average Bonchev–Trinajstić information content (AvgIpc) is 2.68. The summed E-state index contributed by atoms with van der Waals surface area (Å²) in [5.41, 5.74) is 11.5. The SMILES string of the molecule is NC(=O)CC[C@@H](O)C[C@@H](Cc1ccc(OCCN2CCOCC2)cc1)C(N)=O. The number of rotatable bonds is 12. The molecule has 1 aliphatic rings. The molecule has 5 N–H and O–H groups in total. The lowest BCUT2D eigenvalue weighted by Gasteiger charge is -2.26. The van der Waals surface area contributed by atoms with Crippen LogP contribution in [0.3, 0.4) is 0 Å². The molecule has 8 nitrogen and oxygen atoms in total. The van der Waals surface area contributed by atoms with Crippen molar-refractivity contribution in [2.45, 2.75) is 31.8 Å². The summed E-state index contributed by atoms with van der Waals surface area (Å²) in [6, 6.07) is 7.54. The third-order valence-corrected chi connectivity index (χ3v) is 4.87. The molecule has 1 aliphatic heterocycles. The molecule has 8 heteroatoms. The number of primary amides is 2. The fraction of sp³-hybridized carbons (Fsp3) is 0.600. The number of hydrogen-bond donors (Lipinski definition) is 3. The number of carbonyl (C=O) groups is 2. The van der Waals surface area contributed by atoms with Gasteiger partial charge in [0, 0.05) is 32.0 Å². The number of morpholine rings is 1. The molecule has 0 radical (unpaired) electrons. The van der Waals surface area contributed by atoms with E-state index in [1.165, 1.54) is 0 Å². The smallest absolute Gasteiger partial charge is 0.220 e. The van der Waals surface area contributed by atoms with E-state index in [0.29, 0.717) is 13.0 Å². The maximum Gasteiger partial charge on any atom is 0.220 e. The minimum atomic E-state index is -0.784. The van der Waals surface area contributed by atoms with E-state index < -0.39 is 23.8 Å². The van der Waals surface area contributed by atoms with Crippen molar-refractivity contribution in [1.82, 2.24) is 4.90 Å². The van der Waals surface area contributed by atoms with Crippen LogP contribution in [0, 0.1) is 5.92 Å². The van der Waals surface area contributed by atoms with Gasteiger partial charge in [-0.1, -0.05) is 12.1 Å². The van der Waals surface area contributed by atoms with E-state index in [1.807, 2.05) is 24.3 Å². The van der Waals surface area contributed by atoms with Gasteiger partial charge in [0.2, 0.25) is 11.8 Å². The number of benzene rings is 1. The van der Waals surface area contributed by atoms with E-state index in [0.717, 1.165) is 44.2 Å². The highest BCUT2D eigenvalue weighted by Gasteiger charge is 2.20. The summed E-state index contributed by atoms with van der Waals surface area (Å²) < 4.78 is 11.1. The Labute approximate surface area is 165 Å². The first kappa shape index (κ1) is 22.1. The quantitative estimate of drug-likeness (QED) is 0.461. The third-order valence-electron chi connectivity index (χ3n) is 4.87. The average molecular weight is 393 g/mol. The van der Waals surface area contributed by atoms with Crippen molar-refractivity contribution in [2.75, 3.05) is 39.5 Å². The standard InChI is InChI=1S/C20H31N3O5/c21-19(25)6-3-17(24)14-16(20(22)26)13-15-1-4-18(5-2-15)28-12-9-23-7-10-27-11-8-23/h1-2,4-5,16-17,24H,3,6-14H2,(H2,21,25)(H2,22,26)/t16-,17-/m1/s1. The Morgan fingerprint density at radius 3 is 2.46 bits per heavy atom. The van der Waals surface area contributed by atoms with Gasteiger partial charge in [-0.3, -0.25) is 14.5 Å². The van der Waals surface area contributed by atoms with Crippen LogP contribution in [0.25, 0.3) is 0 Å². The van der Waals surface area contributed by atoms with Crippen LogP contribution in [0.1, 0.15) is 24.8 Å². The molecule has 1 saturated heterocycles. The number of nitrogens with two attached hydrogens (primary N) is 2. The van der Waals surface area contributed by atoms with Crippen molar-refractivity contribution >= 4 is 11.8 Å². The first-order valence-electron chi connectivity index (χ1n) is 9.71. The molecule has 0 bridgehead atoms. The first-order valence-corrected chi connectivity index (χ1v) is 9.71. The van der Waals surface area contributed by atoms with Crippen molar-refractivity contribution in [2.24, 2.45) is 17.4 Å². The summed E-state index contributed by atoms with van der Waals surface area (Å²) in [7, 11) is 0. The van der Waals surface area contributed by atoms with Crippen molar-refractivity contribution in [1.29, 1.82) is 0 Å². The second-order valence-corrected chi connectivity index (χ2v) is 7.14. The summed E-state index contributed by atoms with van der Waals surface area (Å²) >= 11 is 0. The van der Waals surface area contributed by atoms with Crippen LogP contribution in [0.15, 0.2) is 24.3 Å². The van der Waals surface area contributed by atoms with Crippen LogP contribution in [0.2, 0.25) is 0 Å². The number of ether oxygens (including phenoxy) is 2. The fourth-order valence-corrected chi connectivity index (χ4v) is 3.18. The van der Waals surface area contributed by atoms with Gasteiger partial charge in [-0.2, -0.15) is 0 Å². The lowest BCUT2D eigenvalue weighted by Crippen LogP contribution is -2.38. The Balaban J connectivity index is 1.78. The normalized spacial score (nSPS) is 17.0. The van der Waals surface area contributed by atoms with Gasteiger partial charge in [0.25, 0.3) is 0 Å². The van der Waals surface area contributed by atoms with Crippen molar-refractivity contribution in [3.05, 3.63) is 29.8 Å². The number of aliphatic hydroxyl groups excluding tert-OH is 1. The molecule has 2 rings (SSSR count). The van der Waals surface area contributed by atoms with Gasteiger partial charge in [0.05, 0.1) is 19.3 Å². The van der Waals surface area contributed by atoms with E-state index in [9.17, 15) is 14.7 Å². The highest BCUT2D eigenvalue weighted by molar-refractivity contribution is 5.77. The molecular weight excluding hydrogens is 362 g/mol. The number of amides is 2. The maximum absolute atomic E-state index is 11.7. The van der Waals surface area contributed by atoms with Crippen LogP contribution < -0.4 is 16.2 Å². The van der Waals surface area contributed by atoms with Crippen LogP contribution in [-0.4, -0.2) is 67.4 Å². The number of nitrogens with zero attached hydrogens (tertiary/aromatic N) is 1. The van der Waals surface area contributed by atoms with E-state index in [1.54, 1.807) is 0 Å². The zero-order valence-electron chi connectivity index (χ0n) is 16.2. The zero-order valence-corrected chi connectivity index (χ0v) is 16.2. The molecule has 28 heavy (non-hydrogen) atoms. The highest BCUT2D eigenvalue weighted by Crippen LogP contribution is 2.19. The van der Waals surface area contributed by atoms with Crippen LogP contribution in [0.4, 0.5) is 0 Å². The third kappa shape index (κ3) is 8.24. The molecule has 0 saturated carbocycles. The summed E-state index contributed by atoms with van der Waals surface area (Å²) in [6.07, 6.45) is 0.170. The van der Waals surface area contributed by atoms with Gasteiger partial charge in [-0.05, 0) is 37.0 Å². The molecule has 0 aromatic heterocycles. The molecule has 2 atom stereocenters. The first-order chi connectivity index (χ1) is 13.4. The summed E-state index contributed by atoms with van der Waals surface area (Å²) in [4.78, 5) is 24.8. The molecule has 1 heterocycles. The van der Waals surface area contributed by atoms with Gasteiger partial charge in [0.15, 0.2) is 0 Å². The summed E-state index contributed by atoms with van der Waals surface area (Å²) in [5.74, 6) is -0.673. The molecule has 1 aromatic carbocycles. The molecular formula is C20H31N3O5. The van der Waals surface area contributed by atoms with Crippen molar-refractivity contribution in [3.8, 4) is 5.75 Å². The van der Waals surface area contributed by atoms with Crippen LogP contribution >= 0.6 is 0 Å². The minimum absolute atomic E-state index is 0.0864. The molecule has 156 valence electrons. The largest absolute Gasteiger partial charge is 0.492 e. The Kier molecular flexibility index (Phi) is 9.19. The van der Waals surface area contributed by atoms with Crippen LogP contribution in [0.5, 0.6) is 5.75 Å². The second kappa shape index (κ2) is 11.6. The van der Waals surface area contributed by atoms with Crippen molar-refractivity contribution in [3.63, 3.8) is 0 Å². The van der Waals surface area contributed by atoms with E-state index in [-0.39, 0.29) is 19.3 Å². The zero-order chi connectivity index (χ0) is 20.4. The second-order valence-electron chi connectivity index (χ2n) is 7.14. The fourth-order valence-electron chi connectivity index (χ4n) is 3.18. The molecule has 2 amide bonds. The lowest BCUT2D eigenvalue weighted by atomic mass is 9.91. The lowest BCUT2D eigenvalue weighted by molar-refractivity contribution is -0.122. The monoisotopic (exact) mass is 393 g/mol. The predicted octanol–water partition coefficient (Wildman–Crippen LogP) is 0.0581. The highest BCUT2D eigenvalue weighted by atomic mass is 16.5. The number of aliphatic hydroxyl groups is 1. The summed E-state index contributed by atoms with van der Waals surface area (Å²) in [5, 5.41) is 10.00. The molecule has 0 unspecified atom stereocenters. The van der Waals surface area contributed by atoms with E-state index in [4.69, 9.17) is 20.9 Å². The Hall–Kier alpha value is -2.16. The van der Waals surface area contributed by atoms with Gasteiger partial charge in [-0.25, -0.2) is 0 Å². The molecule has 0 spiro atoms. The Bertz CT molecular complexity index is 617. The predicted molar refractivity (Wildman–Crippen MR) is 105 cm³/mol. The molecule has 1 aromatic rings.